The minimum Gasteiger partial charge on any atom is -0.358 e. The lowest BCUT2D eigenvalue weighted by molar-refractivity contribution is -0.132. The molecule has 7 heteroatoms. The summed E-state index contributed by atoms with van der Waals surface area (Å²) in [6.45, 7) is 6.56. The summed E-state index contributed by atoms with van der Waals surface area (Å²) in [7, 11) is 1.55. The van der Waals surface area contributed by atoms with E-state index in [1.165, 1.54) is 4.90 Å². The molecule has 0 bridgehead atoms. The van der Waals surface area contributed by atoms with Gasteiger partial charge in [-0.3, -0.25) is 0 Å². The molecular weight excluding hydrogens is 303 g/mol. The fraction of sp³-hybridized carbons (Fsp3) is 0.643. The Balaban J connectivity index is 2.69. The van der Waals surface area contributed by atoms with Gasteiger partial charge in [-0.1, -0.05) is 11.6 Å². The molecule has 1 aromatic rings. The Morgan fingerprint density at radius 1 is 1.29 bits per heavy atom. The van der Waals surface area contributed by atoms with Crippen LogP contribution in [0.15, 0.2) is 12.3 Å². The van der Waals surface area contributed by atoms with Gasteiger partial charge in [-0.05, 0) is 32.4 Å². The van der Waals surface area contributed by atoms with E-state index in [1.54, 1.807) is 19.3 Å². The number of hydrogen-bond acceptors (Lipinski definition) is 3. The Labute approximate surface area is 128 Å². The van der Waals surface area contributed by atoms with Crippen molar-refractivity contribution in [3.05, 3.63) is 22.8 Å². The van der Waals surface area contributed by atoms with Crippen LogP contribution in [-0.2, 0) is 6.54 Å². The molecule has 0 fully saturated rings. The van der Waals surface area contributed by atoms with Crippen molar-refractivity contribution in [2.45, 2.75) is 45.5 Å². The first-order valence-corrected chi connectivity index (χ1v) is 7.03. The highest BCUT2D eigenvalue weighted by atomic mass is 35.5. The number of pyridine rings is 1. The SMILES string of the molecule is CN(CCC(F)(F)F)c1ncc(CNC(C)(C)C)cc1Cl. The summed E-state index contributed by atoms with van der Waals surface area (Å²) in [5, 5.41) is 3.65. The number of hydrogen-bond donors (Lipinski definition) is 1. The second kappa shape index (κ2) is 6.83. The number of nitrogens with one attached hydrogen (secondary N) is 1. The van der Waals surface area contributed by atoms with Crippen molar-refractivity contribution in [2.75, 3.05) is 18.5 Å². The van der Waals surface area contributed by atoms with Gasteiger partial charge in [0.15, 0.2) is 0 Å². The quantitative estimate of drug-likeness (QED) is 0.887. The van der Waals surface area contributed by atoms with Crippen molar-refractivity contribution in [2.24, 2.45) is 0 Å². The van der Waals surface area contributed by atoms with Crippen LogP contribution in [0.2, 0.25) is 5.02 Å². The Morgan fingerprint density at radius 2 is 1.90 bits per heavy atom. The van der Waals surface area contributed by atoms with Crippen LogP contribution in [0.5, 0.6) is 0 Å². The Hall–Kier alpha value is -1.01. The van der Waals surface area contributed by atoms with Crippen molar-refractivity contribution in [1.82, 2.24) is 10.3 Å². The van der Waals surface area contributed by atoms with Crippen LogP contribution in [0.25, 0.3) is 0 Å². The molecule has 0 amide bonds. The van der Waals surface area contributed by atoms with Gasteiger partial charge in [-0.25, -0.2) is 4.98 Å². The average molecular weight is 324 g/mol. The molecule has 0 saturated carbocycles. The molecule has 21 heavy (non-hydrogen) atoms. The molecule has 1 heterocycles. The highest BCUT2D eigenvalue weighted by molar-refractivity contribution is 6.33. The third kappa shape index (κ3) is 7.00. The van der Waals surface area contributed by atoms with Gasteiger partial charge in [0.2, 0.25) is 0 Å². The van der Waals surface area contributed by atoms with Crippen LogP contribution in [0, 0.1) is 0 Å². The van der Waals surface area contributed by atoms with Gasteiger partial charge in [0.1, 0.15) is 5.82 Å². The lowest BCUT2D eigenvalue weighted by Crippen LogP contribution is -2.35. The Kier molecular flexibility index (Phi) is 5.87. The molecule has 0 saturated heterocycles. The molecule has 3 nitrogen and oxygen atoms in total. The molecule has 0 aromatic carbocycles. The van der Waals surface area contributed by atoms with E-state index in [4.69, 9.17) is 11.6 Å². The molecule has 0 radical (unpaired) electrons. The number of aromatic nitrogens is 1. The van der Waals surface area contributed by atoms with Gasteiger partial charge in [0, 0.05) is 31.9 Å². The van der Waals surface area contributed by atoms with Crippen LogP contribution in [0.3, 0.4) is 0 Å². The Bertz CT molecular complexity index is 470. The fourth-order valence-corrected chi connectivity index (χ4v) is 1.95. The third-order valence-electron chi connectivity index (χ3n) is 2.79. The first-order valence-electron chi connectivity index (χ1n) is 6.65. The lowest BCUT2D eigenvalue weighted by atomic mass is 10.1. The standard InChI is InChI=1S/C14H21ClF3N3/c1-13(2,3)20-9-10-7-11(15)12(19-8-10)21(4)6-5-14(16,17)18/h7-8,20H,5-6,9H2,1-4H3. The smallest absolute Gasteiger partial charge is 0.358 e. The van der Waals surface area contributed by atoms with E-state index in [2.05, 4.69) is 10.3 Å². The largest absolute Gasteiger partial charge is 0.390 e. The van der Waals surface area contributed by atoms with Crippen molar-refractivity contribution in [3.63, 3.8) is 0 Å². The predicted octanol–water partition coefficient (Wildman–Crippen LogP) is 4.01. The topological polar surface area (TPSA) is 28.2 Å². The average Bonchev–Trinajstić information content (AvgIpc) is 2.32. The lowest BCUT2D eigenvalue weighted by Gasteiger charge is -2.22. The molecule has 1 rings (SSSR count). The monoisotopic (exact) mass is 323 g/mol. The molecule has 0 aliphatic rings. The summed E-state index contributed by atoms with van der Waals surface area (Å²) in [5.41, 5.74) is 0.858. The zero-order valence-electron chi connectivity index (χ0n) is 12.7. The number of alkyl halides is 3. The van der Waals surface area contributed by atoms with E-state index in [-0.39, 0.29) is 12.1 Å². The van der Waals surface area contributed by atoms with Crippen molar-refractivity contribution < 1.29 is 13.2 Å². The van der Waals surface area contributed by atoms with Crippen LogP contribution >= 0.6 is 11.6 Å². The van der Waals surface area contributed by atoms with Gasteiger partial charge in [0.25, 0.3) is 0 Å². The number of nitrogens with zero attached hydrogens (tertiary/aromatic N) is 2. The first kappa shape index (κ1) is 18.0. The number of halogens is 4. The molecule has 0 aliphatic heterocycles. The summed E-state index contributed by atoms with van der Waals surface area (Å²) in [4.78, 5) is 5.58. The zero-order valence-corrected chi connectivity index (χ0v) is 13.4. The third-order valence-corrected chi connectivity index (χ3v) is 3.07. The van der Waals surface area contributed by atoms with Gasteiger partial charge < -0.3 is 10.2 Å². The molecule has 0 aliphatic carbocycles. The zero-order chi connectivity index (χ0) is 16.3. The summed E-state index contributed by atoms with van der Waals surface area (Å²) in [6, 6.07) is 1.73. The molecule has 0 unspecified atom stereocenters. The van der Waals surface area contributed by atoms with Crippen LogP contribution in [0.4, 0.5) is 19.0 Å². The van der Waals surface area contributed by atoms with Gasteiger partial charge in [0.05, 0.1) is 11.4 Å². The van der Waals surface area contributed by atoms with Gasteiger partial charge >= 0.3 is 6.18 Å². The van der Waals surface area contributed by atoms with E-state index in [1.807, 2.05) is 20.8 Å². The second-order valence-corrected chi connectivity index (χ2v) is 6.45. The highest BCUT2D eigenvalue weighted by Crippen LogP contribution is 2.26. The number of rotatable bonds is 5. The van der Waals surface area contributed by atoms with Crippen LogP contribution in [0.1, 0.15) is 32.8 Å². The minimum atomic E-state index is -4.18. The summed E-state index contributed by atoms with van der Waals surface area (Å²) >= 11 is 6.11. The molecule has 1 N–H and O–H groups in total. The fourth-order valence-electron chi connectivity index (χ4n) is 1.62. The highest BCUT2D eigenvalue weighted by Gasteiger charge is 2.27. The van der Waals surface area contributed by atoms with Gasteiger partial charge in [-0.2, -0.15) is 13.2 Å². The number of anilines is 1. The first-order chi connectivity index (χ1) is 9.48. The molecule has 0 atom stereocenters. The minimum absolute atomic E-state index is 0.0331. The Morgan fingerprint density at radius 3 is 2.38 bits per heavy atom. The van der Waals surface area contributed by atoms with E-state index in [0.29, 0.717) is 17.4 Å². The summed E-state index contributed by atoms with van der Waals surface area (Å²) < 4.78 is 36.7. The maximum atomic E-state index is 12.2. The van der Waals surface area contributed by atoms with Crippen molar-refractivity contribution in [1.29, 1.82) is 0 Å². The maximum Gasteiger partial charge on any atom is 0.390 e. The predicted molar refractivity (Wildman–Crippen MR) is 79.8 cm³/mol. The molecule has 1 aromatic heterocycles. The van der Waals surface area contributed by atoms with E-state index in [0.717, 1.165) is 5.56 Å². The van der Waals surface area contributed by atoms with Crippen LogP contribution < -0.4 is 10.2 Å². The molecule has 0 spiro atoms. The van der Waals surface area contributed by atoms with Crippen molar-refractivity contribution in [3.8, 4) is 0 Å². The van der Waals surface area contributed by atoms with E-state index in [9.17, 15) is 13.2 Å². The van der Waals surface area contributed by atoms with Crippen molar-refractivity contribution >= 4 is 17.4 Å². The van der Waals surface area contributed by atoms with Crippen LogP contribution in [-0.4, -0.2) is 30.3 Å². The summed E-state index contributed by atoms with van der Waals surface area (Å²) in [6.07, 6.45) is -3.45. The maximum absolute atomic E-state index is 12.2. The summed E-state index contributed by atoms with van der Waals surface area (Å²) in [5.74, 6) is 0.362. The molecule has 120 valence electrons. The van der Waals surface area contributed by atoms with E-state index >= 15 is 0 Å². The normalized spacial score (nSPS) is 12.6. The van der Waals surface area contributed by atoms with Gasteiger partial charge in [-0.15, -0.1) is 0 Å². The molecular formula is C14H21ClF3N3. The van der Waals surface area contributed by atoms with E-state index < -0.39 is 12.6 Å². The second-order valence-electron chi connectivity index (χ2n) is 6.04.